The molecule has 3 aromatic rings. The number of phenols is 1. The molecule has 1 N–H and O–H groups in total. The van der Waals surface area contributed by atoms with Gasteiger partial charge in [-0.1, -0.05) is 35.9 Å². The summed E-state index contributed by atoms with van der Waals surface area (Å²) in [4.78, 5) is 34.2. The van der Waals surface area contributed by atoms with Crippen LogP contribution in [-0.4, -0.2) is 29.6 Å². The molecule has 2 aliphatic heterocycles. The quantitative estimate of drug-likeness (QED) is 0.560. The number of halogens is 1. The van der Waals surface area contributed by atoms with E-state index in [0.717, 1.165) is 4.90 Å². The molecule has 2 aliphatic rings. The van der Waals surface area contributed by atoms with Crippen molar-refractivity contribution in [3.8, 4) is 11.5 Å². The van der Waals surface area contributed by atoms with Gasteiger partial charge in [0.25, 0.3) is 5.91 Å². The Kier molecular flexibility index (Phi) is 5.44. The number of benzene rings is 3. The summed E-state index contributed by atoms with van der Waals surface area (Å²) in [6, 6.07) is 20.2. The number of hydrogen-bond donors (Lipinski definition) is 1. The number of carbonyl (C=O) groups excluding carboxylic acids is 2. The van der Waals surface area contributed by atoms with Gasteiger partial charge >= 0.3 is 0 Å². The third kappa shape index (κ3) is 3.59. The minimum Gasteiger partial charge on any atom is -0.504 e. The Hall–Kier alpha value is -3.55. The van der Waals surface area contributed by atoms with Gasteiger partial charge < -0.3 is 9.84 Å². The molecule has 0 radical (unpaired) electrons. The molecule has 5 rings (SSSR count). The first-order chi connectivity index (χ1) is 16.0. The van der Waals surface area contributed by atoms with E-state index in [9.17, 15) is 14.7 Å². The molecule has 0 aliphatic carbocycles. The van der Waals surface area contributed by atoms with Crippen molar-refractivity contribution in [1.29, 1.82) is 0 Å². The molecule has 0 saturated carbocycles. The molecule has 3 aromatic carbocycles. The van der Waals surface area contributed by atoms with Crippen molar-refractivity contribution in [2.45, 2.75) is 19.1 Å². The number of amides is 2. The van der Waals surface area contributed by atoms with E-state index in [1.54, 1.807) is 41.5 Å². The summed E-state index contributed by atoms with van der Waals surface area (Å²) in [5.41, 5.74) is 1.84. The number of para-hydroxylation sites is 1. The maximum atomic E-state index is 13.6. The maximum absolute atomic E-state index is 13.6. The molecular weight excluding hydrogens is 444 g/mol. The van der Waals surface area contributed by atoms with Gasteiger partial charge in [0.15, 0.2) is 17.6 Å². The smallest absolute Gasteiger partial charge is 0.266 e. The zero-order valence-corrected chi connectivity index (χ0v) is 18.5. The number of ether oxygens (including phenoxy) is 1. The van der Waals surface area contributed by atoms with Crippen LogP contribution < -0.4 is 14.7 Å². The summed E-state index contributed by atoms with van der Waals surface area (Å²) < 4.78 is 5.55. The van der Waals surface area contributed by atoms with Crippen LogP contribution in [0.5, 0.6) is 11.5 Å². The van der Waals surface area contributed by atoms with Gasteiger partial charge in [0.1, 0.15) is 5.92 Å². The zero-order valence-electron chi connectivity index (χ0n) is 17.7. The Morgan fingerprint density at radius 2 is 1.70 bits per heavy atom. The van der Waals surface area contributed by atoms with E-state index in [4.69, 9.17) is 21.2 Å². The second-order valence-corrected chi connectivity index (χ2v) is 8.24. The molecule has 0 unspecified atom stereocenters. The number of aromatic hydroxyl groups is 1. The molecule has 0 aromatic heterocycles. The fraction of sp³-hybridized carbons (Fsp3) is 0.200. The van der Waals surface area contributed by atoms with Gasteiger partial charge in [0.2, 0.25) is 5.91 Å². The Morgan fingerprint density at radius 1 is 0.970 bits per heavy atom. The predicted molar refractivity (Wildman–Crippen MR) is 123 cm³/mol. The van der Waals surface area contributed by atoms with Gasteiger partial charge in [-0.25, -0.2) is 9.96 Å². The van der Waals surface area contributed by atoms with Crippen LogP contribution in [0.1, 0.15) is 18.5 Å². The van der Waals surface area contributed by atoms with E-state index in [2.05, 4.69) is 0 Å². The van der Waals surface area contributed by atoms with Crippen molar-refractivity contribution >= 4 is 34.8 Å². The molecule has 2 amide bonds. The van der Waals surface area contributed by atoms with E-state index >= 15 is 0 Å². The molecule has 7 nitrogen and oxygen atoms in total. The third-order valence-electron chi connectivity index (χ3n) is 5.84. The Labute approximate surface area is 195 Å². The number of nitrogens with zero attached hydrogens (tertiary/aromatic N) is 2. The molecule has 2 fully saturated rings. The molecule has 33 heavy (non-hydrogen) atoms. The van der Waals surface area contributed by atoms with Crippen molar-refractivity contribution in [3.05, 3.63) is 83.4 Å². The van der Waals surface area contributed by atoms with Gasteiger partial charge in [0, 0.05) is 5.02 Å². The summed E-state index contributed by atoms with van der Waals surface area (Å²) >= 11 is 5.98. The van der Waals surface area contributed by atoms with Crippen molar-refractivity contribution in [1.82, 2.24) is 0 Å². The number of rotatable bonds is 5. The van der Waals surface area contributed by atoms with Gasteiger partial charge in [0.05, 0.1) is 24.0 Å². The summed E-state index contributed by atoms with van der Waals surface area (Å²) in [7, 11) is 0. The monoisotopic (exact) mass is 464 g/mol. The molecule has 2 saturated heterocycles. The second-order valence-electron chi connectivity index (χ2n) is 7.81. The van der Waals surface area contributed by atoms with Gasteiger partial charge in [-0.15, -0.1) is 0 Å². The normalized spacial score (nSPS) is 22.1. The number of phenolic OH excluding ortho intramolecular Hbond substituents is 1. The highest BCUT2D eigenvalue weighted by Gasteiger charge is 2.60. The van der Waals surface area contributed by atoms with Crippen LogP contribution in [0.3, 0.4) is 0 Å². The topological polar surface area (TPSA) is 79.3 Å². The maximum Gasteiger partial charge on any atom is 0.266 e. The van der Waals surface area contributed by atoms with Crippen LogP contribution in [0.2, 0.25) is 5.02 Å². The Balaban J connectivity index is 1.59. The highest BCUT2D eigenvalue weighted by molar-refractivity contribution is 6.31. The van der Waals surface area contributed by atoms with E-state index in [-0.39, 0.29) is 11.7 Å². The number of fused-ring (bicyclic) bond motifs is 1. The number of carbonyl (C=O) groups is 2. The van der Waals surface area contributed by atoms with Crippen molar-refractivity contribution in [2.75, 3.05) is 16.6 Å². The van der Waals surface area contributed by atoms with Crippen LogP contribution >= 0.6 is 11.6 Å². The highest BCUT2D eigenvalue weighted by atomic mass is 35.5. The number of imide groups is 1. The van der Waals surface area contributed by atoms with Gasteiger partial charge in [-0.2, -0.15) is 0 Å². The Morgan fingerprint density at radius 3 is 2.39 bits per heavy atom. The second kappa shape index (κ2) is 8.42. The average molecular weight is 465 g/mol. The van der Waals surface area contributed by atoms with Gasteiger partial charge in [-0.05, 0) is 61.0 Å². The molecular formula is C25H21ClN2O5. The lowest BCUT2D eigenvalue weighted by molar-refractivity contribution is -0.126. The van der Waals surface area contributed by atoms with Crippen LogP contribution in [-0.2, 0) is 14.4 Å². The number of hydroxylamine groups is 1. The molecule has 0 spiro atoms. The predicted octanol–water partition coefficient (Wildman–Crippen LogP) is 4.50. The minimum absolute atomic E-state index is 0.000980. The lowest BCUT2D eigenvalue weighted by atomic mass is 9.90. The average Bonchev–Trinajstić information content (AvgIpc) is 3.33. The molecule has 2 heterocycles. The fourth-order valence-electron chi connectivity index (χ4n) is 4.38. The van der Waals surface area contributed by atoms with Crippen molar-refractivity contribution < 1.29 is 24.3 Å². The van der Waals surface area contributed by atoms with Crippen molar-refractivity contribution in [2.24, 2.45) is 5.92 Å². The van der Waals surface area contributed by atoms with Crippen molar-refractivity contribution in [3.63, 3.8) is 0 Å². The van der Waals surface area contributed by atoms with Gasteiger partial charge in [-0.3, -0.25) is 14.4 Å². The van der Waals surface area contributed by atoms with E-state index in [0.29, 0.717) is 34.3 Å². The fourth-order valence-corrected chi connectivity index (χ4v) is 4.51. The molecule has 8 heteroatoms. The first-order valence-corrected chi connectivity index (χ1v) is 11.0. The standard InChI is InChI=1S/C25H21ClN2O5/c1-2-32-20-14-15(8-13-19(20)29)22-21-23(33-28(22)18-6-4-3-5-7-18)25(31)27(24(21)30)17-11-9-16(26)10-12-17/h3-14,21-23,29H,2H2,1H3/t21-,22+,23-/m0/s1. The summed E-state index contributed by atoms with van der Waals surface area (Å²) in [5, 5.41) is 12.3. The lowest BCUT2D eigenvalue weighted by Gasteiger charge is -2.29. The molecule has 0 bridgehead atoms. The first-order valence-electron chi connectivity index (χ1n) is 10.6. The van der Waals surface area contributed by atoms with E-state index < -0.39 is 24.0 Å². The number of hydrogen-bond acceptors (Lipinski definition) is 6. The van der Waals surface area contributed by atoms with E-state index in [1.165, 1.54) is 6.07 Å². The van der Waals surface area contributed by atoms with E-state index in [1.807, 2.05) is 37.3 Å². The SMILES string of the molecule is CCOc1cc([C@@H]2[C@@H]3C(=O)N(c4ccc(Cl)cc4)C(=O)[C@H]3ON2c2ccccc2)ccc1O. The highest BCUT2D eigenvalue weighted by Crippen LogP contribution is 2.48. The largest absolute Gasteiger partial charge is 0.504 e. The zero-order chi connectivity index (χ0) is 23.1. The summed E-state index contributed by atoms with van der Waals surface area (Å²) in [6.45, 7) is 2.19. The van der Waals surface area contributed by atoms with Crippen LogP contribution in [0.15, 0.2) is 72.8 Å². The van der Waals surface area contributed by atoms with Crippen LogP contribution in [0, 0.1) is 5.92 Å². The Bertz CT molecular complexity index is 1200. The molecule has 3 atom stereocenters. The number of anilines is 2. The minimum atomic E-state index is -0.984. The third-order valence-corrected chi connectivity index (χ3v) is 6.09. The molecule has 168 valence electrons. The van der Waals surface area contributed by atoms with Crippen LogP contribution in [0.4, 0.5) is 11.4 Å². The summed E-state index contributed by atoms with van der Waals surface area (Å²) in [6.07, 6.45) is -0.984. The van der Waals surface area contributed by atoms with Crippen LogP contribution in [0.25, 0.3) is 0 Å². The first kappa shape index (κ1) is 21.3. The lowest BCUT2D eigenvalue weighted by Crippen LogP contribution is -2.37. The summed E-state index contributed by atoms with van der Waals surface area (Å²) in [5.74, 6) is -1.27.